The van der Waals surface area contributed by atoms with E-state index in [0.717, 1.165) is 0 Å². The number of aromatic nitrogens is 2. The van der Waals surface area contributed by atoms with Crippen molar-refractivity contribution in [2.24, 2.45) is 22.2 Å². The minimum Gasteiger partial charge on any atom is -0.480 e. The molecule has 184 valence electrons. The summed E-state index contributed by atoms with van der Waals surface area (Å²) in [6, 6.07) is -3.63. The maximum atomic E-state index is 12.7. The van der Waals surface area contributed by atoms with Gasteiger partial charge in [-0.3, -0.25) is 19.4 Å². The van der Waals surface area contributed by atoms with Gasteiger partial charge in [0.15, 0.2) is 5.96 Å². The Labute approximate surface area is 189 Å². The normalized spacial score (nSPS) is 14.3. The van der Waals surface area contributed by atoms with E-state index in [1.54, 1.807) is 0 Å². The first kappa shape index (κ1) is 27.3. The highest BCUT2D eigenvalue weighted by Gasteiger charge is 2.27. The van der Waals surface area contributed by atoms with Crippen LogP contribution in [0.2, 0.25) is 0 Å². The smallest absolute Gasteiger partial charge is 0.326 e. The first-order valence-corrected chi connectivity index (χ1v) is 10.1. The van der Waals surface area contributed by atoms with Gasteiger partial charge in [0, 0.05) is 24.9 Å². The lowest BCUT2D eigenvalue weighted by atomic mass is 10.1. The number of rotatable bonds is 14. The van der Waals surface area contributed by atoms with Gasteiger partial charge in [0.2, 0.25) is 17.7 Å². The Kier molecular flexibility index (Phi) is 11.3. The number of aliphatic hydroxyl groups excluding tert-OH is 1. The lowest BCUT2D eigenvalue weighted by Gasteiger charge is -2.21. The predicted molar refractivity (Wildman–Crippen MR) is 116 cm³/mol. The van der Waals surface area contributed by atoms with Crippen molar-refractivity contribution in [1.82, 2.24) is 25.9 Å². The molecule has 0 saturated heterocycles. The average Bonchev–Trinajstić information content (AvgIpc) is 3.25. The lowest BCUT2D eigenvalue weighted by molar-refractivity contribution is -0.142. The molecule has 0 aromatic carbocycles. The van der Waals surface area contributed by atoms with Gasteiger partial charge in [0.05, 0.1) is 19.0 Å². The summed E-state index contributed by atoms with van der Waals surface area (Å²) in [6.07, 6.45) is 2.02. The predicted octanol–water partition coefficient (Wildman–Crippen LogP) is -4.12. The first-order chi connectivity index (χ1) is 15.5. The number of hydrogen-bond donors (Lipinski definition) is 9. The molecule has 3 amide bonds. The summed E-state index contributed by atoms with van der Waals surface area (Å²) in [7, 11) is 0. The van der Waals surface area contributed by atoms with Gasteiger partial charge in [-0.25, -0.2) is 9.78 Å². The van der Waals surface area contributed by atoms with Crippen LogP contribution in [0.3, 0.4) is 0 Å². The van der Waals surface area contributed by atoms with Crippen molar-refractivity contribution in [3.8, 4) is 0 Å². The zero-order valence-corrected chi connectivity index (χ0v) is 18.2. The third kappa shape index (κ3) is 10.4. The molecule has 1 aromatic heterocycles. The number of guanidine groups is 1. The number of H-pyrrole nitrogens is 1. The average molecular weight is 470 g/mol. The summed E-state index contributed by atoms with van der Waals surface area (Å²) < 4.78 is 0. The molecule has 0 aliphatic carbocycles. The molecule has 0 saturated carbocycles. The number of amides is 3. The van der Waals surface area contributed by atoms with E-state index in [4.69, 9.17) is 17.2 Å². The highest BCUT2D eigenvalue weighted by Crippen LogP contribution is 2.03. The molecular weight excluding hydrogens is 438 g/mol. The Morgan fingerprint density at radius 2 is 1.88 bits per heavy atom. The number of nitrogens with one attached hydrogen (secondary N) is 4. The van der Waals surface area contributed by atoms with Crippen LogP contribution < -0.4 is 33.2 Å². The van der Waals surface area contributed by atoms with E-state index < -0.39 is 54.5 Å². The third-order valence-corrected chi connectivity index (χ3v) is 4.44. The molecule has 0 fully saturated rings. The van der Waals surface area contributed by atoms with E-state index in [2.05, 4.69) is 30.9 Å². The summed E-state index contributed by atoms with van der Waals surface area (Å²) in [6.45, 7) is 0.995. The molecule has 0 aliphatic heterocycles. The van der Waals surface area contributed by atoms with Gasteiger partial charge in [0.1, 0.15) is 18.1 Å². The molecule has 0 bridgehead atoms. The van der Waals surface area contributed by atoms with E-state index in [-0.39, 0.29) is 25.3 Å². The van der Waals surface area contributed by atoms with E-state index in [1.807, 2.05) is 0 Å². The molecule has 4 unspecified atom stereocenters. The van der Waals surface area contributed by atoms with Crippen LogP contribution in [0.15, 0.2) is 17.5 Å². The minimum absolute atomic E-state index is 0.0525. The monoisotopic (exact) mass is 469 g/mol. The van der Waals surface area contributed by atoms with Crippen LogP contribution in [0.4, 0.5) is 0 Å². The number of imidazole rings is 1. The Morgan fingerprint density at radius 1 is 1.18 bits per heavy atom. The largest absolute Gasteiger partial charge is 0.480 e. The van der Waals surface area contributed by atoms with E-state index >= 15 is 0 Å². The molecule has 0 radical (unpaired) electrons. The van der Waals surface area contributed by atoms with Crippen LogP contribution in [-0.4, -0.2) is 87.2 Å². The highest BCUT2D eigenvalue weighted by atomic mass is 16.4. The zero-order valence-electron chi connectivity index (χ0n) is 18.2. The van der Waals surface area contributed by atoms with Gasteiger partial charge in [-0.05, 0) is 19.8 Å². The molecule has 1 aromatic rings. The van der Waals surface area contributed by atoms with Crippen molar-refractivity contribution in [3.05, 3.63) is 18.2 Å². The van der Waals surface area contributed by atoms with Gasteiger partial charge in [-0.2, -0.15) is 0 Å². The first-order valence-electron chi connectivity index (χ1n) is 10.1. The van der Waals surface area contributed by atoms with Crippen LogP contribution in [0.25, 0.3) is 0 Å². The molecule has 4 atom stereocenters. The molecule has 15 nitrogen and oxygen atoms in total. The van der Waals surface area contributed by atoms with Crippen molar-refractivity contribution in [1.29, 1.82) is 0 Å². The van der Waals surface area contributed by atoms with Crippen molar-refractivity contribution in [3.63, 3.8) is 0 Å². The second kappa shape index (κ2) is 13.6. The SMILES string of the molecule is CC(O)C(N)C(=O)NCC(=O)NC(CCCN=C(N)N)C(=O)NC(Cc1cnc[nH]1)C(=O)O. The van der Waals surface area contributed by atoms with Crippen LogP contribution in [0, 0.1) is 0 Å². The number of carbonyl (C=O) groups excluding carboxylic acids is 3. The molecule has 1 heterocycles. The van der Waals surface area contributed by atoms with E-state index in [9.17, 15) is 29.4 Å². The molecule has 0 spiro atoms. The Morgan fingerprint density at radius 3 is 2.42 bits per heavy atom. The van der Waals surface area contributed by atoms with Crippen LogP contribution in [0.1, 0.15) is 25.5 Å². The lowest BCUT2D eigenvalue weighted by Crippen LogP contribution is -2.54. The summed E-state index contributed by atoms with van der Waals surface area (Å²) in [4.78, 5) is 58.7. The van der Waals surface area contributed by atoms with Crippen LogP contribution in [-0.2, 0) is 25.6 Å². The summed E-state index contributed by atoms with van der Waals surface area (Å²) >= 11 is 0. The number of carboxylic acids is 1. The Balaban J connectivity index is 2.78. The summed E-state index contributed by atoms with van der Waals surface area (Å²) in [5, 5.41) is 25.8. The number of nitrogens with zero attached hydrogens (tertiary/aromatic N) is 2. The fraction of sp³-hybridized carbons (Fsp3) is 0.556. The quantitative estimate of drug-likeness (QED) is 0.0721. The van der Waals surface area contributed by atoms with Gasteiger partial charge in [-0.1, -0.05) is 0 Å². The van der Waals surface area contributed by atoms with Crippen LogP contribution >= 0.6 is 0 Å². The van der Waals surface area contributed by atoms with Crippen molar-refractivity contribution >= 4 is 29.7 Å². The number of aliphatic carboxylic acids is 1. The third-order valence-electron chi connectivity index (χ3n) is 4.44. The van der Waals surface area contributed by atoms with Crippen molar-refractivity contribution in [2.75, 3.05) is 13.1 Å². The van der Waals surface area contributed by atoms with Gasteiger partial charge >= 0.3 is 5.97 Å². The number of nitrogens with two attached hydrogens (primary N) is 3. The van der Waals surface area contributed by atoms with Crippen LogP contribution in [0.5, 0.6) is 0 Å². The number of hydrogen-bond acceptors (Lipinski definition) is 8. The Bertz CT molecular complexity index is 823. The maximum absolute atomic E-state index is 12.7. The molecule has 1 rings (SSSR count). The molecule has 0 aliphatic rings. The standard InChI is InChI=1S/C18H31N9O6/c1-9(28)14(19)16(31)24-7-13(29)26-11(3-2-4-23-18(20)21)15(30)27-12(17(32)33)5-10-6-22-8-25-10/h6,8-9,11-12,14,28H,2-5,7,19H2,1H3,(H,22,25)(H,24,31)(H,26,29)(H,27,30)(H,32,33)(H4,20,21,23). The number of aliphatic imine (C=N–C) groups is 1. The van der Waals surface area contributed by atoms with Crippen molar-refractivity contribution < 1.29 is 29.4 Å². The second-order valence-corrected chi connectivity index (χ2v) is 7.23. The fourth-order valence-corrected chi connectivity index (χ4v) is 2.61. The minimum atomic E-state index is -1.28. The van der Waals surface area contributed by atoms with Gasteiger partial charge in [-0.15, -0.1) is 0 Å². The fourth-order valence-electron chi connectivity index (χ4n) is 2.61. The van der Waals surface area contributed by atoms with E-state index in [0.29, 0.717) is 12.1 Å². The zero-order chi connectivity index (χ0) is 25.0. The summed E-state index contributed by atoms with van der Waals surface area (Å²) in [5.74, 6) is -3.62. The van der Waals surface area contributed by atoms with Crippen molar-refractivity contribution in [2.45, 2.75) is 50.4 Å². The number of carboxylic acid groups (broad SMARTS) is 1. The van der Waals surface area contributed by atoms with Gasteiger partial charge in [0.25, 0.3) is 0 Å². The maximum Gasteiger partial charge on any atom is 0.326 e. The number of aliphatic hydroxyl groups is 1. The number of aromatic amines is 1. The molecule has 12 N–H and O–H groups in total. The summed E-state index contributed by atoms with van der Waals surface area (Å²) in [5.41, 5.74) is 16.5. The molecule has 15 heteroatoms. The topological polar surface area (TPSA) is 264 Å². The van der Waals surface area contributed by atoms with Gasteiger partial charge < -0.3 is 48.3 Å². The molecular formula is C18H31N9O6. The number of carbonyl (C=O) groups is 4. The highest BCUT2D eigenvalue weighted by molar-refractivity contribution is 5.92. The Hall–Kier alpha value is -3.72. The van der Waals surface area contributed by atoms with E-state index in [1.165, 1.54) is 19.4 Å². The molecule has 33 heavy (non-hydrogen) atoms. The second-order valence-electron chi connectivity index (χ2n) is 7.23.